The lowest BCUT2D eigenvalue weighted by atomic mass is 10.2. The molecule has 0 heterocycles. The van der Waals surface area contributed by atoms with Gasteiger partial charge in [-0.05, 0) is 74.2 Å². The normalized spacial score (nSPS) is 10.9. The van der Waals surface area contributed by atoms with Crippen molar-refractivity contribution in [2.75, 3.05) is 7.11 Å². The number of hydrogen-bond acceptors (Lipinski definition) is 2. The minimum atomic E-state index is 0.504. The zero-order valence-electron chi connectivity index (χ0n) is 11.9. The number of methoxy groups -OCH3 is 1. The second kappa shape index (κ2) is 7.66. The van der Waals surface area contributed by atoms with Crippen molar-refractivity contribution in [3.8, 4) is 11.5 Å². The van der Waals surface area contributed by atoms with Gasteiger partial charge in [0.25, 0.3) is 0 Å². The van der Waals surface area contributed by atoms with E-state index in [9.17, 15) is 0 Å². The van der Waals surface area contributed by atoms with Crippen molar-refractivity contribution in [3.63, 3.8) is 0 Å². The first kappa shape index (κ1) is 16.1. The highest BCUT2D eigenvalue weighted by Gasteiger charge is 2.08. The summed E-state index contributed by atoms with van der Waals surface area (Å²) < 4.78 is 12.9. The summed E-state index contributed by atoms with van der Waals surface area (Å²) in [5, 5.41) is 0. The Morgan fingerprint density at radius 3 is 2.19 bits per heavy atom. The Hall–Kier alpha value is -1.26. The quantitative estimate of drug-likeness (QED) is 0.615. The fourth-order valence-corrected chi connectivity index (χ4v) is 3.33. The maximum atomic E-state index is 5.90. The van der Waals surface area contributed by atoms with Crippen molar-refractivity contribution in [3.05, 3.63) is 62.5 Å². The third-order valence-electron chi connectivity index (χ3n) is 2.92. The molecule has 4 heteroatoms. The number of allylic oxidation sites excluding steroid dienone is 1. The molecule has 0 bridgehead atoms. The topological polar surface area (TPSA) is 18.5 Å². The van der Waals surface area contributed by atoms with E-state index in [0.717, 1.165) is 31.6 Å². The van der Waals surface area contributed by atoms with Crippen molar-refractivity contribution < 1.29 is 9.47 Å². The number of ether oxygens (including phenoxy) is 2. The Bertz CT molecular complexity index is 611. The van der Waals surface area contributed by atoms with Crippen molar-refractivity contribution in [1.29, 1.82) is 0 Å². The number of halogens is 2. The van der Waals surface area contributed by atoms with Gasteiger partial charge in [0.2, 0.25) is 0 Å². The molecule has 110 valence electrons. The Morgan fingerprint density at radius 1 is 1.05 bits per heavy atom. The second-order valence-electron chi connectivity index (χ2n) is 4.45. The predicted octanol–water partition coefficient (Wildman–Crippen LogP) is 5.83. The molecule has 0 saturated carbocycles. The monoisotopic (exact) mass is 410 g/mol. The number of benzene rings is 2. The first-order chi connectivity index (χ1) is 10.1. The van der Waals surface area contributed by atoms with Gasteiger partial charge in [-0.15, -0.1) is 0 Å². The van der Waals surface area contributed by atoms with E-state index in [4.69, 9.17) is 9.47 Å². The van der Waals surface area contributed by atoms with Crippen LogP contribution in [-0.2, 0) is 6.61 Å². The molecule has 0 saturated heterocycles. The van der Waals surface area contributed by atoms with Crippen LogP contribution < -0.4 is 9.47 Å². The molecule has 21 heavy (non-hydrogen) atoms. The first-order valence-electron chi connectivity index (χ1n) is 6.51. The van der Waals surface area contributed by atoms with Gasteiger partial charge >= 0.3 is 0 Å². The Labute approximate surface area is 142 Å². The smallest absolute Gasteiger partial charge is 0.148 e. The molecular weight excluding hydrogens is 396 g/mol. The van der Waals surface area contributed by atoms with Crippen molar-refractivity contribution in [2.45, 2.75) is 13.5 Å². The van der Waals surface area contributed by atoms with Crippen LogP contribution in [-0.4, -0.2) is 7.11 Å². The van der Waals surface area contributed by atoms with E-state index in [1.165, 1.54) is 0 Å². The van der Waals surface area contributed by atoms with Crippen LogP contribution in [0.2, 0.25) is 0 Å². The molecule has 2 rings (SSSR count). The summed E-state index contributed by atoms with van der Waals surface area (Å²) in [6.45, 7) is 2.50. The van der Waals surface area contributed by atoms with E-state index >= 15 is 0 Å². The molecule has 0 aliphatic heterocycles. The number of rotatable bonds is 5. The Kier molecular flexibility index (Phi) is 5.88. The maximum absolute atomic E-state index is 5.90. The zero-order valence-corrected chi connectivity index (χ0v) is 15.1. The van der Waals surface area contributed by atoms with E-state index in [1.807, 2.05) is 55.5 Å². The van der Waals surface area contributed by atoms with Gasteiger partial charge in [0.05, 0.1) is 16.1 Å². The van der Waals surface area contributed by atoms with Gasteiger partial charge in [0, 0.05) is 0 Å². The van der Waals surface area contributed by atoms with Crippen LogP contribution in [0.25, 0.3) is 6.08 Å². The molecule has 0 radical (unpaired) electrons. The van der Waals surface area contributed by atoms with E-state index in [1.54, 1.807) is 7.11 Å². The summed E-state index contributed by atoms with van der Waals surface area (Å²) in [6.07, 6.45) is 4.05. The second-order valence-corrected chi connectivity index (χ2v) is 6.16. The summed E-state index contributed by atoms with van der Waals surface area (Å²) in [7, 11) is 1.66. The standard InChI is InChI=1S/C17H16Br2O2/c1-3-4-13-9-15(18)17(16(19)10-13)21-11-12-5-7-14(20-2)8-6-12/h3-10H,11H2,1-2H3. The Balaban J connectivity index is 2.12. The Morgan fingerprint density at radius 2 is 1.67 bits per heavy atom. The van der Waals surface area contributed by atoms with Crippen LogP contribution in [0.4, 0.5) is 0 Å². The summed E-state index contributed by atoms with van der Waals surface area (Å²) in [4.78, 5) is 0. The van der Waals surface area contributed by atoms with E-state index in [2.05, 4.69) is 31.9 Å². The molecule has 0 amide bonds. The molecule has 0 aliphatic rings. The third kappa shape index (κ3) is 4.35. The molecule has 0 aromatic heterocycles. The first-order valence-corrected chi connectivity index (χ1v) is 8.10. The van der Waals surface area contributed by atoms with Crippen LogP contribution in [0.3, 0.4) is 0 Å². The third-order valence-corrected chi connectivity index (χ3v) is 4.10. The van der Waals surface area contributed by atoms with Crippen molar-refractivity contribution in [1.82, 2.24) is 0 Å². The lowest BCUT2D eigenvalue weighted by Gasteiger charge is -2.12. The van der Waals surface area contributed by atoms with Gasteiger partial charge in [-0.3, -0.25) is 0 Å². The van der Waals surface area contributed by atoms with Crippen LogP contribution in [0.5, 0.6) is 11.5 Å². The highest BCUT2D eigenvalue weighted by molar-refractivity contribution is 9.11. The summed E-state index contributed by atoms with van der Waals surface area (Å²) in [5.74, 6) is 1.65. The summed E-state index contributed by atoms with van der Waals surface area (Å²) >= 11 is 7.11. The van der Waals surface area contributed by atoms with Gasteiger partial charge in [0.15, 0.2) is 0 Å². The van der Waals surface area contributed by atoms with Crippen LogP contribution in [0.15, 0.2) is 51.4 Å². The predicted molar refractivity (Wildman–Crippen MR) is 93.9 cm³/mol. The lowest BCUT2D eigenvalue weighted by Crippen LogP contribution is -1.97. The molecule has 2 nitrogen and oxygen atoms in total. The molecule has 0 atom stereocenters. The fourth-order valence-electron chi connectivity index (χ4n) is 1.88. The number of hydrogen-bond donors (Lipinski definition) is 0. The van der Waals surface area contributed by atoms with E-state index in [0.29, 0.717) is 6.61 Å². The summed E-state index contributed by atoms with van der Waals surface area (Å²) in [5.41, 5.74) is 2.21. The van der Waals surface area contributed by atoms with Crippen LogP contribution in [0, 0.1) is 0 Å². The van der Waals surface area contributed by atoms with Crippen molar-refractivity contribution in [2.24, 2.45) is 0 Å². The van der Waals surface area contributed by atoms with Gasteiger partial charge < -0.3 is 9.47 Å². The largest absolute Gasteiger partial charge is 0.497 e. The molecular formula is C17H16Br2O2. The highest BCUT2D eigenvalue weighted by Crippen LogP contribution is 2.35. The van der Waals surface area contributed by atoms with Crippen LogP contribution >= 0.6 is 31.9 Å². The van der Waals surface area contributed by atoms with Gasteiger partial charge in [-0.25, -0.2) is 0 Å². The molecule has 0 N–H and O–H groups in total. The van der Waals surface area contributed by atoms with Gasteiger partial charge in [-0.2, -0.15) is 0 Å². The molecule has 0 spiro atoms. The van der Waals surface area contributed by atoms with E-state index < -0.39 is 0 Å². The maximum Gasteiger partial charge on any atom is 0.148 e. The van der Waals surface area contributed by atoms with Gasteiger partial charge in [0.1, 0.15) is 18.1 Å². The van der Waals surface area contributed by atoms with E-state index in [-0.39, 0.29) is 0 Å². The van der Waals surface area contributed by atoms with Crippen LogP contribution in [0.1, 0.15) is 18.1 Å². The average Bonchev–Trinajstić information content (AvgIpc) is 2.47. The molecule has 2 aromatic rings. The zero-order chi connectivity index (χ0) is 15.2. The molecule has 2 aromatic carbocycles. The molecule has 0 unspecified atom stereocenters. The highest BCUT2D eigenvalue weighted by atomic mass is 79.9. The minimum Gasteiger partial charge on any atom is -0.497 e. The van der Waals surface area contributed by atoms with Crippen molar-refractivity contribution >= 4 is 37.9 Å². The minimum absolute atomic E-state index is 0.504. The fraction of sp³-hybridized carbons (Fsp3) is 0.176. The summed E-state index contributed by atoms with van der Waals surface area (Å²) in [6, 6.07) is 11.9. The lowest BCUT2D eigenvalue weighted by molar-refractivity contribution is 0.302. The molecule has 0 aliphatic carbocycles. The van der Waals surface area contributed by atoms with Gasteiger partial charge in [-0.1, -0.05) is 24.3 Å². The SMILES string of the molecule is CC=Cc1cc(Br)c(OCc2ccc(OC)cc2)c(Br)c1. The molecule has 0 fully saturated rings. The average molecular weight is 412 g/mol.